The Morgan fingerprint density at radius 2 is 2.11 bits per heavy atom. The first kappa shape index (κ1) is 10.6. The summed E-state index contributed by atoms with van der Waals surface area (Å²) in [4.78, 5) is 12.5. The summed E-state index contributed by atoms with van der Waals surface area (Å²) in [7, 11) is 3.68. The minimum atomic E-state index is 0.516. The quantitative estimate of drug-likeness (QED) is 0.703. The van der Waals surface area contributed by atoms with Gasteiger partial charge in [-0.05, 0) is 0 Å². The van der Waals surface area contributed by atoms with E-state index in [1.807, 2.05) is 14.1 Å². The lowest BCUT2D eigenvalue weighted by atomic mass is 10.4. The zero-order valence-corrected chi connectivity index (χ0v) is 10.1. The zero-order chi connectivity index (χ0) is 12.5. The lowest BCUT2D eigenvalue weighted by Crippen LogP contribution is -2.04. The molecule has 8 heteroatoms. The molecule has 3 aromatic rings. The van der Waals surface area contributed by atoms with Gasteiger partial charge in [0.05, 0.1) is 18.1 Å². The number of hydrogen-bond donors (Lipinski definition) is 1. The van der Waals surface area contributed by atoms with E-state index in [2.05, 4.69) is 30.5 Å². The highest BCUT2D eigenvalue weighted by atomic mass is 15.3. The lowest BCUT2D eigenvalue weighted by molar-refractivity contribution is 0.747. The maximum absolute atomic E-state index is 4.20. The van der Waals surface area contributed by atoms with Gasteiger partial charge in [0.2, 0.25) is 0 Å². The molecule has 0 aliphatic heterocycles. The molecule has 8 nitrogen and oxygen atoms in total. The van der Waals surface area contributed by atoms with Crippen LogP contribution >= 0.6 is 0 Å². The van der Waals surface area contributed by atoms with Crippen LogP contribution in [-0.2, 0) is 20.6 Å². The highest BCUT2D eigenvalue weighted by Gasteiger charge is 2.08. The predicted octanol–water partition coefficient (Wildman–Crippen LogP) is 0.104. The Morgan fingerprint density at radius 1 is 1.22 bits per heavy atom. The third-order valence-corrected chi connectivity index (χ3v) is 2.59. The van der Waals surface area contributed by atoms with E-state index >= 15 is 0 Å². The molecule has 0 radical (unpaired) electrons. The summed E-state index contributed by atoms with van der Waals surface area (Å²) in [5.74, 6) is 1.45. The number of nitrogens with one attached hydrogen (secondary N) is 1. The van der Waals surface area contributed by atoms with Crippen LogP contribution in [0.3, 0.4) is 0 Å². The average molecular weight is 244 g/mol. The molecule has 0 amide bonds. The maximum atomic E-state index is 4.20. The van der Waals surface area contributed by atoms with E-state index in [0.29, 0.717) is 12.4 Å². The number of nitrogens with zero attached hydrogens (tertiary/aromatic N) is 7. The highest BCUT2D eigenvalue weighted by molar-refractivity contribution is 5.85. The van der Waals surface area contributed by atoms with Gasteiger partial charge in [0.1, 0.15) is 18.5 Å². The molecule has 0 atom stereocenters. The molecule has 18 heavy (non-hydrogen) atoms. The van der Waals surface area contributed by atoms with Crippen molar-refractivity contribution in [3.05, 3.63) is 24.7 Å². The zero-order valence-electron chi connectivity index (χ0n) is 10.1. The van der Waals surface area contributed by atoms with Crippen molar-refractivity contribution in [3.63, 3.8) is 0 Å². The number of rotatable bonds is 3. The topological polar surface area (TPSA) is 86.3 Å². The summed E-state index contributed by atoms with van der Waals surface area (Å²) in [6.07, 6.45) is 4.92. The Bertz CT molecular complexity index is 682. The Labute approximate surface area is 103 Å². The van der Waals surface area contributed by atoms with E-state index in [0.717, 1.165) is 16.9 Å². The first-order valence-corrected chi connectivity index (χ1v) is 5.45. The minimum absolute atomic E-state index is 0.516. The second-order valence-corrected chi connectivity index (χ2v) is 3.92. The molecule has 3 rings (SSSR count). The third kappa shape index (κ3) is 1.77. The van der Waals surface area contributed by atoms with Crippen LogP contribution in [0.25, 0.3) is 11.0 Å². The SMILES string of the molecule is Cn1cnc(CNc2ncnc3c2cnn3C)n1. The first-order valence-electron chi connectivity index (χ1n) is 5.45. The van der Waals surface area contributed by atoms with Crippen molar-refractivity contribution in [2.24, 2.45) is 14.1 Å². The van der Waals surface area contributed by atoms with Crippen LogP contribution in [0.1, 0.15) is 5.82 Å². The van der Waals surface area contributed by atoms with Gasteiger partial charge in [-0.3, -0.25) is 9.36 Å². The first-order chi connectivity index (χ1) is 8.74. The fourth-order valence-electron chi connectivity index (χ4n) is 1.73. The molecule has 1 N–H and O–H groups in total. The monoisotopic (exact) mass is 244 g/mol. The van der Waals surface area contributed by atoms with Crippen LogP contribution < -0.4 is 5.32 Å². The average Bonchev–Trinajstić information content (AvgIpc) is 2.94. The second-order valence-electron chi connectivity index (χ2n) is 3.92. The van der Waals surface area contributed by atoms with Crippen molar-refractivity contribution >= 4 is 16.9 Å². The standard InChI is InChI=1S/C10H12N8/c1-17-6-14-8(16-17)4-11-9-7-3-15-18(2)10(7)13-5-12-9/h3,5-6H,4H2,1-2H3,(H,11,12,13). The van der Waals surface area contributed by atoms with E-state index in [9.17, 15) is 0 Å². The molecular weight excluding hydrogens is 232 g/mol. The minimum Gasteiger partial charge on any atom is -0.362 e. The van der Waals surface area contributed by atoms with Crippen molar-refractivity contribution in [1.29, 1.82) is 0 Å². The summed E-state index contributed by atoms with van der Waals surface area (Å²) in [5, 5.41) is 12.4. The van der Waals surface area contributed by atoms with Crippen LogP contribution in [0.15, 0.2) is 18.9 Å². The van der Waals surface area contributed by atoms with E-state index in [-0.39, 0.29) is 0 Å². The van der Waals surface area contributed by atoms with E-state index in [1.54, 1.807) is 21.9 Å². The number of aromatic nitrogens is 7. The van der Waals surface area contributed by atoms with E-state index < -0.39 is 0 Å². The van der Waals surface area contributed by atoms with Crippen molar-refractivity contribution < 1.29 is 0 Å². The molecule has 0 aromatic carbocycles. The normalized spacial score (nSPS) is 11.0. The summed E-state index contributed by atoms with van der Waals surface area (Å²) in [6.45, 7) is 0.516. The Morgan fingerprint density at radius 3 is 2.89 bits per heavy atom. The van der Waals surface area contributed by atoms with Gasteiger partial charge in [0.25, 0.3) is 0 Å². The molecule has 0 fully saturated rings. The van der Waals surface area contributed by atoms with Gasteiger partial charge in [0.15, 0.2) is 11.5 Å². The smallest absolute Gasteiger partial charge is 0.169 e. The number of fused-ring (bicyclic) bond motifs is 1. The summed E-state index contributed by atoms with van der Waals surface area (Å²) < 4.78 is 3.37. The molecule has 0 unspecified atom stereocenters. The van der Waals surface area contributed by atoms with Crippen molar-refractivity contribution in [2.45, 2.75) is 6.54 Å². The second kappa shape index (κ2) is 4.06. The molecule has 92 valence electrons. The maximum Gasteiger partial charge on any atom is 0.169 e. The number of aryl methyl sites for hydroxylation is 2. The summed E-state index contributed by atoms with van der Waals surface area (Å²) in [5.41, 5.74) is 0.793. The van der Waals surface area contributed by atoms with Gasteiger partial charge in [-0.1, -0.05) is 0 Å². The van der Waals surface area contributed by atoms with E-state index in [4.69, 9.17) is 0 Å². The molecule has 0 aliphatic carbocycles. The molecule has 0 saturated heterocycles. The molecule has 3 heterocycles. The van der Waals surface area contributed by atoms with Gasteiger partial charge >= 0.3 is 0 Å². The van der Waals surface area contributed by atoms with Crippen molar-refractivity contribution in [3.8, 4) is 0 Å². The third-order valence-electron chi connectivity index (χ3n) is 2.59. The summed E-state index contributed by atoms with van der Waals surface area (Å²) in [6, 6.07) is 0. The molecule has 0 spiro atoms. The van der Waals surface area contributed by atoms with Crippen LogP contribution in [0.2, 0.25) is 0 Å². The van der Waals surface area contributed by atoms with Gasteiger partial charge in [-0.25, -0.2) is 15.0 Å². The number of hydrogen-bond acceptors (Lipinski definition) is 6. The largest absolute Gasteiger partial charge is 0.362 e. The lowest BCUT2D eigenvalue weighted by Gasteiger charge is -2.03. The van der Waals surface area contributed by atoms with Gasteiger partial charge < -0.3 is 5.32 Å². The van der Waals surface area contributed by atoms with Crippen LogP contribution in [0.4, 0.5) is 5.82 Å². The van der Waals surface area contributed by atoms with Crippen LogP contribution in [0.5, 0.6) is 0 Å². The van der Waals surface area contributed by atoms with Crippen LogP contribution in [-0.4, -0.2) is 34.5 Å². The highest BCUT2D eigenvalue weighted by Crippen LogP contribution is 2.17. The van der Waals surface area contributed by atoms with E-state index in [1.165, 1.54) is 6.33 Å². The molecule has 0 bridgehead atoms. The molecular formula is C10H12N8. The molecule has 0 saturated carbocycles. The van der Waals surface area contributed by atoms with Crippen molar-refractivity contribution in [2.75, 3.05) is 5.32 Å². The Hall–Kier alpha value is -2.51. The summed E-state index contributed by atoms with van der Waals surface area (Å²) >= 11 is 0. The van der Waals surface area contributed by atoms with Gasteiger partial charge in [-0.15, -0.1) is 0 Å². The van der Waals surface area contributed by atoms with Crippen molar-refractivity contribution in [1.82, 2.24) is 34.5 Å². The van der Waals surface area contributed by atoms with Gasteiger partial charge in [0, 0.05) is 14.1 Å². The number of anilines is 1. The van der Waals surface area contributed by atoms with Crippen LogP contribution in [0, 0.1) is 0 Å². The Balaban J connectivity index is 1.86. The van der Waals surface area contributed by atoms with Gasteiger partial charge in [-0.2, -0.15) is 10.2 Å². The molecule has 0 aliphatic rings. The fourth-order valence-corrected chi connectivity index (χ4v) is 1.73. The predicted molar refractivity (Wildman–Crippen MR) is 64.6 cm³/mol. The fraction of sp³-hybridized carbons (Fsp3) is 0.300. The molecule has 3 aromatic heterocycles. The Kier molecular flexibility index (Phi) is 2.40.